The summed E-state index contributed by atoms with van der Waals surface area (Å²) >= 11 is 3.30. The Kier molecular flexibility index (Phi) is 7.64. The van der Waals surface area contributed by atoms with Gasteiger partial charge in [0.2, 0.25) is 5.75 Å². The molecule has 9 heteroatoms. The first-order valence-electron chi connectivity index (χ1n) is 12.6. The van der Waals surface area contributed by atoms with Gasteiger partial charge in [0.05, 0.1) is 30.0 Å². The molecule has 0 aliphatic carbocycles. The van der Waals surface area contributed by atoms with Gasteiger partial charge in [-0.25, -0.2) is 4.98 Å². The third-order valence-electron chi connectivity index (χ3n) is 6.15. The molecule has 0 bridgehead atoms. The minimum atomic E-state index is -0.223. The molecular weight excluding hydrogens is 506 g/mol. The fourth-order valence-corrected chi connectivity index (χ4v) is 6.95. The Hall–Kier alpha value is -3.14. The molecule has 0 spiro atoms. The number of benzene rings is 2. The number of anilines is 1. The smallest absolute Gasteiger partial charge is 0.256 e. The van der Waals surface area contributed by atoms with Crippen LogP contribution in [-0.2, 0) is 13.0 Å². The van der Waals surface area contributed by atoms with Crippen molar-refractivity contribution in [1.29, 1.82) is 0 Å². The van der Waals surface area contributed by atoms with E-state index in [-0.39, 0.29) is 5.91 Å². The quantitative estimate of drug-likeness (QED) is 0.264. The van der Waals surface area contributed by atoms with Crippen LogP contribution in [0.15, 0.2) is 36.4 Å². The van der Waals surface area contributed by atoms with Gasteiger partial charge in [0.25, 0.3) is 5.91 Å². The van der Waals surface area contributed by atoms with Crippen molar-refractivity contribution >= 4 is 43.8 Å². The molecule has 5 rings (SSSR count). The van der Waals surface area contributed by atoms with Crippen LogP contribution in [-0.4, -0.2) is 49.2 Å². The third-order valence-corrected chi connectivity index (χ3v) is 8.34. The predicted molar refractivity (Wildman–Crippen MR) is 151 cm³/mol. The average molecular weight is 538 g/mol. The maximum atomic E-state index is 13.6. The summed E-state index contributed by atoms with van der Waals surface area (Å²) in [6.07, 6.45) is 0.926. The van der Waals surface area contributed by atoms with Crippen molar-refractivity contribution in [2.45, 2.75) is 33.7 Å². The zero-order valence-corrected chi connectivity index (χ0v) is 23.2. The lowest BCUT2D eigenvalue weighted by Gasteiger charge is -2.22. The molecule has 2 aromatic carbocycles. The summed E-state index contributed by atoms with van der Waals surface area (Å²) in [7, 11) is 2.13. The first-order valence-corrected chi connectivity index (χ1v) is 14.2. The summed E-state index contributed by atoms with van der Waals surface area (Å²) in [4.78, 5) is 22.2. The molecule has 1 N–H and O–H groups in total. The lowest BCUT2D eigenvalue weighted by atomic mass is 10.0. The molecule has 0 unspecified atom stereocenters. The first-order chi connectivity index (χ1) is 18.0. The van der Waals surface area contributed by atoms with Crippen LogP contribution in [0.4, 0.5) is 5.00 Å². The van der Waals surface area contributed by atoms with Gasteiger partial charge in [0, 0.05) is 29.1 Å². The number of likely N-dealkylation sites (N-methyl/N-ethyl adjacent to an activating group) is 1. The molecule has 194 valence electrons. The maximum absolute atomic E-state index is 13.6. The Morgan fingerprint density at radius 1 is 1.03 bits per heavy atom. The van der Waals surface area contributed by atoms with Gasteiger partial charge in [-0.2, -0.15) is 0 Å². The number of thiazole rings is 1. The lowest BCUT2D eigenvalue weighted by molar-refractivity contribution is 0.102. The number of hydrogen-bond acceptors (Lipinski definition) is 8. The summed E-state index contributed by atoms with van der Waals surface area (Å²) in [5.74, 6) is 1.30. The summed E-state index contributed by atoms with van der Waals surface area (Å²) < 4.78 is 18.6. The largest absolute Gasteiger partial charge is 0.490 e. The molecule has 3 heterocycles. The van der Waals surface area contributed by atoms with E-state index in [4.69, 9.17) is 19.2 Å². The number of amides is 1. The monoisotopic (exact) mass is 537 g/mol. The molecule has 1 amide bonds. The molecule has 0 saturated carbocycles. The zero-order valence-electron chi connectivity index (χ0n) is 21.6. The maximum Gasteiger partial charge on any atom is 0.256 e. The second-order valence-electron chi connectivity index (χ2n) is 8.74. The summed E-state index contributed by atoms with van der Waals surface area (Å²) in [6.45, 7) is 8.91. The van der Waals surface area contributed by atoms with E-state index in [1.807, 2.05) is 39.0 Å². The van der Waals surface area contributed by atoms with Gasteiger partial charge in [-0.3, -0.25) is 4.79 Å². The molecule has 0 saturated heterocycles. The van der Waals surface area contributed by atoms with Crippen molar-refractivity contribution in [3.05, 3.63) is 52.4 Å². The van der Waals surface area contributed by atoms with Crippen LogP contribution in [0.2, 0.25) is 0 Å². The SMILES string of the molecule is CCOc1cc(C(=O)Nc2sc3c(c2-c2nc4ccccc4s2)CCN(C)C3)cc(OCC)c1OCC. The summed E-state index contributed by atoms with van der Waals surface area (Å²) in [5, 5.41) is 4.98. The van der Waals surface area contributed by atoms with Gasteiger partial charge in [0.1, 0.15) is 10.0 Å². The van der Waals surface area contributed by atoms with Crippen LogP contribution >= 0.6 is 22.7 Å². The molecule has 1 aliphatic heterocycles. The van der Waals surface area contributed by atoms with E-state index in [9.17, 15) is 4.79 Å². The molecule has 4 aromatic rings. The van der Waals surface area contributed by atoms with Crippen LogP contribution < -0.4 is 19.5 Å². The Morgan fingerprint density at radius 2 is 1.73 bits per heavy atom. The lowest BCUT2D eigenvalue weighted by Crippen LogP contribution is -2.25. The Balaban J connectivity index is 1.55. The van der Waals surface area contributed by atoms with Crippen LogP contribution in [0.1, 0.15) is 41.6 Å². The number of para-hydroxylation sites is 1. The van der Waals surface area contributed by atoms with Gasteiger partial charge in [-0.1, -0.05) is 12.1 Å². The van der Waals surface area contributed by atoms with Crippen molar-refractivity contribution in [1.82, 2.24) is 9.88 Å². The zero-order chi connectivity index (χ0) is 25.9. The fraction of sp³-hybridized carbons (Fsp3) is 0.357. The normalized spacial score (nSPS) is 13.4. The van der Waals surface area contributed by atoms with Crippen LogP contribution in [0, 0.1) is 0 Å². The number of rotatable bonds is 9. The number of carbonyl (C=O) groups excluding carboxylic acids is 1. The summed E-state index contributed by atoms with van der Waals surface area (Å²) in [6, 6.07) is 11.6. The van der Waals surface area contributed by atoms with Crippen molar-refractivity contribution in [3.8, 4) is 27.8 Å². The van der Waals surface area contributed by atoms with Crippen LogP contribution in [0.5, 0.6) is 17.2 Å². The number of carbonyl (C=O) groups is 1. The molecule has 7 nitrogen and oxygen atoms in total. The molecule has 0 radical (unpaired) electrons. The van der Waals surface area contributed by atoms with Crippen LogP contribution in [0.25, 0.3) is 20.8 Å². The van der Waals surface area contributed by atoms with E-state index in [1.165, 1.54) is 10.4 Å². The number of thiophene rings is 1. The minimum absolute atomic E-state index is 0.223. The molecule has 0 atom stereocenters. The molecule has 0 fully saturated rings. The van der Waals surface area contributed by atoms with Gasteiger partial charge in [0.15, 0.2) is 11.5 Å². The van der Waals surface area contributed by atoms with E-state index in [0.29, 0.717) is 42.6 Å². The van der Waals surface area contributed by atoms with Gasteiger partial charge in [-0.05, 0) is 64.1 Å². The van der Waals surface area contributed by atoms with E-state index >= 15 is 0 Å². The van der Waals surface area contributed by atoms with E-state index in [2.05, 4.69) is 23.3 Å². The first kappa shape index (κ1) is 25.5. The topological polar surface area (TPSA) is 72.9 Å². The molecule has 1 aliphatic rings. The Morgan fingerprint density at radius 3 is 2.41 bits per heavy atom. The number of fused-ring (bicyclic) bond motifs is 2. The fourth-order valence-electron chi connectivity index (χ4n) is 4.52. The second kappa shape index (κ2) is 11.1. The highest BCUT2D eigenvalue weighted by atomic mass is 32.1. The van der Waals surface area contributed by atoms with Gasteiger partial charge in [-0.15, -0.1) is 22.7 Å². The van der Waals surface area contributed by atoms with Crippen molar-refractivity contribution in [2.24, 2.45) is 0 Å². The van der Waals surface area contributed by atoms with Gasteiger partial charge < -0.3 is 24.4 Å². The number of hydrogen-bond donors (Lipinski definition) is 1. The Labute approximate surface area is 225 Å². The van der Waals surface area contributed by atoms with E-state index < -0.39 is 0 Å². The number of nitrogens with zero attached hydrogens (tertiary/aromatic N) is 2. The standard InChI is InChI=1S/C28H31N3O4S2/c1-5-33-20-14-17(15-21(34-6-2)25(20)35-7-3)26(32)30-28-24(18-12-13-31(4)16-23(18)37-28)27-29-19-10-8-9-11-22(19)36-27/h8-11,14-15H,5-7,12-13,16H2,1-4H3,(H,30,32). The molecular formula is C28H31N3O4S2. The van der Waals surface area contributed by atoms with Gasteiger partial charge >= 0.3 is 0 Å². The minimum Gasteiger partial charge on any atom is -0.490 e. The second-order valence-corrected chi connectivity index (χ2v) is 10.9. The highest BCUT2D eigenvalue weighted by Gasteiger charge is 2.27. The van der Waals surface area contributed by atoms with Crippen molar-refractivity contribution in [3.63, 3.8) is 0 Å². The Bertz CT molecular complexity index is 1370. The third kappa shape index (κ3) is 5.16. The highest BCUT2D eigenvalue weighted by Crippen LogP contribution is 2.46. The van der Waals surface area contributed by atoms with E-state index in [1.54, 1.807) is 34.8 Å². The molecule has 2 aromatic heterocycles. The van der Waals surface area contributed by atoms with Crippen LogP contribution in [0.3, 0.4) is 0 Å². The van der Waals surface area contributed by atoms with E-state index in [0.717, 1.165) is 45.3 Å². The highest BCUT2D eigenvalue weighted by molar-refractivity contribution is 7.23. The van der Waals surface area contributed by atoms with Crippen molar-refractivity contribution < 1.29 is 19.0 Å². The predicted octanol–water partition coefficient (Wildman–Crippen LogP) is 6.46. The number of ether oxygens (including phenoxy) is 3. The summed E-state index contributed by atoms with van der Waals surface area (Å²) in [5.41, 5.74) is 3.76. The number of nitrogens with one attached hydrogen (secondary N) is 1. The number of aromatic nitrogens is 1. The average Bonchev–Trinajstić information content (AvgIpc) is 3.46. The molecule has 37 heavy (non-hydrogen) atoms. The van der Waals surface area contributed by atoms with Crippen molar-refractivity contribution in [2.75, 3.05) is 38.7 Å².